The molecule has 6 rings (SSSR count). The molecule has 2 fully saturated rings. The SMILES string of the molecule is C=Cc1cnc(N)c(C(=O)c2nc(N3CCNCC3)ccc2Cl)c1.Nc1ncc(Br)cc1C(=O)c1nc(N2CCCCC2)ccc1Cl. The highest BCUT2D eigenvalue weighted by molar-refractivity contribution is 9.10. The fourth-order valence-electron chi connectivity index (χ4n) is 5.22. The summed E-state index contributed by atoms with van der Waals surface area (Å²) in [5.74, 6) is 1.16. The minimum atomic E-state index is -0.342. The number of pyridine rings is 4. The Morgan fingerprint density at radius 3 is 1.85 bits per heavy atom. The lowest BCUT2D eigenvalue weighted by molar-refractivity contribution is 0.102. The van der Waals surface area contributed by atoms with E-state index in [1.165, 1.54) is 6.42 Å². The molecule has 2 aliphatic rings. The second kappa shape index (κ2) is 15.7. The summed E-state index contributed by atoms with van der Waals surface area (Å²) < 4.78 is 0.679. The summed E-state index contributed by atoms with van der Waals surface area (Å²) in [7, 11) is 0. The second-order valence-corrected chi connectivity index (χ2v) is 12.7. The van der Waals surface area contributed by atoms with Crippen molar-refractivity contribution in [3.05, 3.63) is 98.0 Å². The van der Waals surface area contributed by atoms with Gasteiger partial charge in [0.15, 0.2) is 0 Å². The lowest BCUT2D eigenvalue weighted by Crippen LogP contribution is -2.44. The van der Waals surface area contributed by atoms with Gasteiger partial charge in [0.25, 0.3) is 0 Å². The maximum absolute atomic E-state index is 12.9. The zero-order valence-corrected chi connectivity index (χ0v) is 28.7. The minimum Gasteiger partial charge on any atom is -0.383 e. The van der Waals surface area contributed by atoms with E-state index in [-0.39, 0.29) is 40.2 Å². The molecule has 0 atom stereocenters. The molecule has 14 heteroatoms. The number of nitrogen functional groups attached to an aromatic ring is 2. The minimum absolute atomic E-state index is 0.149. The number of anilines is 4. The van der Waals surface area contributed by atoms with Crippen molar-refractivity contribution in [2.45, 2.75) is 19.3 Å². The third-order valence-electron chi connectivity index (χ3n) is 7.76. The molecule has 4 aromatic heterocycles. The van der Waals surface area contributed by atoms with E-state index < -0.39 is 0 Å². The van der Waals surface area contributed by atoms with Crippen LogP contribution in [0, 0.1) is 0 Å². The summed E-state index contributed by atoms with van der Waals surface area (Å²) in [4.78, 5) is 46.9. The standard InChI is InChI=1S/C17H18ClN5O.C16H16BrClN4O/c1-2-11-9-12(17(19)21-10-11)16(24)15-13(18)3-4-14(22-15)23-7-5-20-6-8-23;17-10-8-11(16(19)20-9-10)15(23)14-12(18)4-5-13(21-14)22-6-2-1-3-7-22/h2-4,9-10,20H,1,5-8H2,(H2,19,21);4-5,8-9H,1-3,6-7H2,(H2,19,20). The molecule has 2 saturated heterocycles. The van der Waals surface area contributed by atoms with Gasteiger partial charge in [-0.25, -0.2) is 19.9 Å². The van der Waals surface area contributed by atoms with Gasteiger partial charge >= 0.3 is 0 Å². The molecule has 0 spiro atoms. The number of hydrogen-bond acceptors (Lipinski definition) is 11. The Balaban J connectivity index is 0.000000185. The quantitative estimate of drug-likeness (QED) is 0.200. The van der Waals surface area contributed by atoms with Crippen molar-refractivity contribution in [3.63, 3.8) is 0 Å². The monoisotopic (exact) mass is 737 g/mol. The zero-order valence-electron chi connectivity index (χ0n) is 25.6. The van der Waals surface area contributed by atoms with Crippen LogP contribution in [0.15, 0.2) is 59.8 Å². The van der Waals surface area contributed by atoms with E-state index in [1.54, 1.807) is 42.7 Å². The molecule has 11 nitrogen and oxygen atoms in total. The lowest BCUT2D eigenvalue weighted by Gasteiger charge is -2.28. The molecule has 47 heavy (non-hydrogen) atoms. The molecule has 0 amide bonds. The predicted molar refractivity (Wildman–Crippen MR) is 192 cm³/mol. The molecule has 0 unspecified atom stereocenters. The maximum Gasteiger partial charge on any atom is 0.216 e. The highest BCUT2D eigenvalue weighted by Gasteiger charge is 2.23. The Labute approximate surface area is 291 Å². The average molecular weight is 740 g/mol. The van der Waals surface area contributed by atoms with Crippen molar-refractivity contribution in [3.8, 4) is 0 Å². The van der Waals surface area contributed by atoms with Gasteiger partial charge in [-0.1, -0.05) is 35.9 Å². The van der Waals surface area contributed by atoms with Crippen LogP contribution in [0.4, 0.5) is 23.3 Å². The summed E-state index contributed by atoms with van der Waals surface area (Å²) in [5.41, 5.74) is 13.4. The maximum atomic E-state index is 12.9. The Morgan fingerprint density at radius 2 is 1.30 bits per heavy atom. The number of rotatable bonds is 7. The van der Waals surface area contributed by atoms with E-state index in [0.717, 1.165) is 63.7 Å². The fraction of sp³-hybridized carbons (Fsp3) is 0.273. The Kier molecular flexibility index (Phi) is 11.4. The number of nitrogens with zero attached hydrogens (tertiary/aromatic N) is 6. The Hall–Kier alpha value is -4.10. The smallest absolute Gasteiger partial charge is 0.216 e. The third-order valence-corrected chi connectivity index (χ3v) is 8.81. The van der Waals surface area contributed by atoms with Crippen LogP contribution < -0.4 is 26.6 Å². The molecule has 2 aliphatic heterocycles. The number of halogens is 3. The van der Waals surface area contributed by atoms with Gasteiger partial charge in [0, 0.05) is 56.1 Å². The highest BCUT2D eigenvalue weighted by atomic mass is 79.9. The van der Waals surface area contributed by atoms with Crippen molar-refractivity contribution < 1.29 is 9.59 Å². The average Bonchev–Trinajstić information content (AvgIpc) is 3.10. The van der Waals surface area contributed by atoms with Crippen molar-refractivity contribution in [2.24, 2.45) is 0 Å². The van der Waals surface area contributed by atoms with Crippen LogP contribution in [0.5, 0.6) is 0 Å². The first-order chi connectivity index (χ1) is 22.7. The third kappa shape index (κ3) is 8.25. The number of piperidine rings is 1. The number of aromatic nitrogens is 4. The number of ketones is 2. The Morgan fingerprint density at radius 1 is 0.787 bits per heavy atom. The molecular weight excluding hydrogens is 705 g/mol. The molecule has 0 bridgehead atoms. The summed E-state index contributed by atoms with van der Waals surface area (Å²) in [6.45, 7) is 9.00. The number of nitrogens with two attached hydrogens (primary N) is 2. The summed E-state index contributed by atoms with van der Waals surface area (Å²) >= 11 is 15.7. The Bertz CT molecular complexity index is 1790. The van der Waals surface area contributed by atoms with Gasteiger partial charge < -0.3 is 26.6 Å². The number of nitrogens with one attached hydrogen (secondary N) is 1. The number of carbonyl (C=O) groups excluding carboxylic acids is 2. The van der Waals surface area contributed by atoms with E-state index in [9.17, 15) is 9.59 Å². The van der Waals surface area contributed by atoms with E-state index >= 15 is 0 Å². The summed E-state index contributed by atoms with van der Waals surface area (Å²) in [6, 6.07) is 10.4. The summed E-state index contributed by atoms with van der Waals surface area (Å²) in [5, 5.41) is 3.89. The highest BCUT2D eigenvalue weighted by Crippen LogP contribution is 2.27. The topological polar surface area (TPSA) is 156 Å². The first-order valence-corrected chi connectivity index (χ1v) is 16.6. The first kappa shape index (κ1) is 34.2. The molecule has 0 radical (unpaired) electrons. The molecule has 4 aromatic rings. The van der Waals surface area contributed by atoms with E-state index in [2.05, 4.69) is 57.6 Å². The van der Waals surface area contributed by atoms with Crippen LogP contribution >= 0.6 is 39.1 Å². The van der Waals surface area contributed by atoms with Crippen LogP contribution in [-0.2, 0) is 0 Å². The molecule has 0 saturated carbocycles. The van der Waals surface area contributed by atoms with Crippen molar-refractivity contribution >= 4 is 80.0 Å². The molecule has 0 aliphatic carbocycles. The lowest BCUT2D eigenvalue weighted by atomic mass is 10.1. The number of piperazine rings is 1. The van der Waals surface area contributed by atoms with E-state index in [4.69, 9.17) is 34.7 Å². The van der Waals surface area contributed by atoms with Crippen molar-refractivity contribution in [1.29, 1.82) is 0 Å². The van der Waals surface area contributed by atoms with Crippen LogP contribution in [0.25, 0.3) is 6.08 Å². The number of carbonyl (C=O) groups is 2. The van der Waals surface area contributed by atoms with Gasteiger partial charge in [-0.3, -0.25) is 9.59 Å². The molecule has 0 aromatic carbocycles. The second-order valence-electron chi connectivity index (χ2n) is 10.9. The van der Waals surface area contributed by atoms with Crippen LogP contribution in [0.3, 0.4) is 0 Å². The molecular formula is C33H34BrCl2N9O2. The van der Waals surface area contributed by atoms with Crippen LogP contribution in [0.1, 0.15) is 56.9 Å². The van der Waals surface area contributed by atoms with Gasteiger partial charge in [0.1, 0.15) is 34.7 Å². The normalized spacial score (nSPS) is 14.6. The predicted octanol–water partition coefficient (Wildman–Crippen LogP) is 5.69. The van der Waals surface area contributed by atoms with Gasteiger partial charge in [-0.05, 0) is 77.2 Å². The molecule has 5 N–H and O–H groups in total. The van der Waals surface area contributed by atoms with Gasteiger partial charge in [-0.2, -0.15) is 0 Å². The molecule has 6 heterocycles. The first-order valence-electron chi connectivity index (χ1n) is 15.1. The summed E-state index contributed by atoms with van der Waals surface area (Å²) in [6.07, 6.45) is 8.22. The van der Waals surface area contributed by atoms with Gasteiger partial charge in [0.2, 0.25) is 11.6 Å². The van der Waals surface area contributed by atoms with Crippen molar-refractivity contribution in [2.75, 3.05) is 60.5 Å². The molecule has 244 valence electrons. The number of hydrogen-bond donors (Lipinski definition) is 3. The van der Waals surface area contributed by atoms with Gasteiger partial charge in [0.05, 0.1) is 21.2 Å². The van der Waals surface area contributed by atoms with Crippen LogP contribution in [-0.4, -0.2) is 70.8 Å². The van der Waals surface area contributed by atoms with Gasteiger partial charge in [-0.15, -0.1) is 0 Å². The van der Waals surface area contributed by atoms with Crippen LogP contribution in [0.2, 0.25) is 10.0 Å². The van der Waals surface area contributed by atoms with E-state index in [1.807, 2.05) is 12.1 Å². The van der Waals surface area contributed by atoms with E-state index in [0.29, 0.717) is 25.6 Å². The zero-order chi connectivity index (χ0) is 33.5. The van der Waals surface area contributed by atoms with Crippen molar-refractivity contribution in [1.82, 2.24) is 25.3 Å². The largest absolute Gasteiger partial charge is 0.383 e. The fourth-order valence-corrected chi connectivity index (χ4v) is 5.94.